The molecule has 0 saturated heterocycles. The second-order valence-corrected chi connectivity index (χ2v) is 4.81. The smallest absolute Gasteiger partial charge is 0.259 e. The van der Waals surface area contributed by atoms with Crippen LogP contribution >= 0.6 is 11.3 Å². The summed E-state index contributed by atoms with van der Waals surface area (Å²) in [6, 6.07) is 3.33. The number of rotatable bonds is 3. The van der Waals surface area contributed by atoms with Crippen LogP contribution in [0.2, 0.25) is 0 Å². The summed E-state index contributed by atoms with van der Waals surface area (Å²) < 4.78 is 0. The van der Waals surface area contributed by atoms with Crippen LogP contribution in [-0.2, 0) is 0 Å². The summed E-state index contributed by atoms with van der Waals surface area (Å²) in [5.74, 6) is -0.203. The van der Waals surface area contributed by atoms with Crippen LogP contribution < -0.4 is 11.1 Å². The molecule has 1 unspecified atom stereocenters. The van der Waals surface area contributed by atoms with Crippen molar-refractivity contribution in [2.24, 2.45) is 5.73 Å². The minimum atomic E-state index is -0.203. The van der Waals surface area contributed by atoms with Crippen molar-refractivity contribution >= 4 is 22.4 Å². The molecule has 3 N–H and O–H groups in total. The van der Waals surface area contributed by atoms with Gasteiger partial charge >= 0.3 is 0 Å². The molecular formula is C12H14N4OS. The number of thiazole rings is 1. The highest BCUT2D eigenvalue weighted by Crippen LogP contribution is 2.20. The van der Waals surface area contributed by atoms with Gasteiger partial charge < -0.3 is 5.73 Å². The van der Waals surface area contributed by atoms with E-state index in [4.69, 9.17) is 5.73 Å². The number of carbonyl (C=O) groups is 1. The normalized spacial score (nSPS) is 12.2. The Bertz CT molecular complexity index is 565. The first kappa shape index (κ1) is 12.7. The zero-order valence-corrected chi connectivity index (χ0v) is 11.0. The van der Waals surface area contributed by atoms with Crippen LogP contribution in [0.25, 0.3) is 0 Å². The molecule has 1 amide bonds. The van der Waals surface area contributed by atoms with Crippen LogP contribution in [0, 0.1) is 6.92 Å². The molecule has 1 atom stereocenters. The Morgan fingerprint density at radius 3 is 2.94 bits per heavy atom. The number of amides is 1. The first-order chi connectivity index (χ1) is 8.58. The Morgan fingerprint density at radius 2 is 2.33 bits per heavy atom. The van der Waals surface area contributed by atoms with Gasteiger partial charge in [-0.05, 0) is 26.0 Å². The van der Waals surface area contributed by atoms with Crippen LogP contribution in [-0.4, -0.2) is 15.9 Å². The van der Waals surface area contributed by atoms with E-state index in [2.05, 4.69) is 15.3 Å². The monoisotopic (exact) mass is 262 g/mol. The summed E-state index contributed by atoms with van der Waals surface area (Å²) in [6.07, 6.45) is 1.66. The highest BCUT2D eigenvalue weighted by Gasteiger charge is 2.12. The van der Waals surface area contributed by atoms with Crippen LogP contribution in [0.5, 0.6) is 0 Å². The molecule has 0 saturated carbocycles. The average Bonchev–Trinajstić information content (AvgIpc) is 2.78. The number of hydrogen-bond donors (Lipinski definition) is 2. The standard InChI is InChI=1S/C12H14N4OS/c1-7(13)10-6-18-12(15-10)16-11(17)9-4-3-5-14-8(9)2/h3-7H,13H2,1-2H3,(H,15,16,17). The Morgan fingerprint density at radius 1 is 1.56 bits per heavy atom. The van der Waals surface area contributed by atoms with Gasteiger partial charge in [-0.25, -0.2) is 4.98 Å². The van der Waals surface area contributed by atoms with E-state index in [9.17, 15) is 4.79 Å². The summed E-state index contributed by atoms with van der Waals surface area (Å²) in [4.78, 5) is 20.3. The van der Waals surface area contributed by atoms with E-state index in [0.717, 1.165) is 5.69 Å². The van der Waals surface area contributed by atoms with Crippen molar-refractivity contribution in [2.45, 2.75) is 19.9 Å². The zero-order chi connectivity index (χ0) is 13.1. The zero-order valence-electron chi connectivity index (χ0n) is 10.2. The van der Waals surface area contributed by atoms with E-state index >= 15 is 0 Å². The van der Waals surface area contributed by atoms with Gasteiger partial charge in [-0.15, -0.1) is 11.3 Å². The molecule has 0 fully saturated rings. The van der Waals surface area contributed by atoms with Crippen molar-refractivity contribution in [1.29, 1.82) is 0 Å². The molecule has 0 radical (unpaired) electrons. The molecule has 2 heterocycles. The fraction of sp³-hybridized carbons (Fsp3) is 0.250. The Kier molecular flexibility index (Phi) is 3.69. The third-order valence-corrected chi connectivity index (χ3v) is 3.24. The third-order valence-electron chi connectivity index (χ3n) is 2.46. The van der Waals surface area contributed by atoms with Gasteiger partial charge in [0.25, 0.3) is 5.91 Å². The largest absolute Gasteiger partial charge is 0.323 e. The third kappa shape index (κ3) is 2.72. The van der Waals surface area contributed by atoms with E-state index in [1.54, 1.807) is 25.3 Å². The number of hydrogen-bond acceptors (Lipinski definition) is 5. The number of aromatic nitrogens is 2. The number of anilines is 1. The maximum Gasteiger partial charge on any atom is 0.259 e. The first-order valence-corrected chi connectivity index (χ1v) is 6.40. The van der Waals surface area contributed by atoms with Crippen LogP contribution in [0.4, 0.5) is 5.13 Å². The van der Waals surface area contributed by atoms with Gasteiger partial charge in [-0.3, -0.25) is 15.1 Å². The van der Waals surface area contributed by atoms with Crippen LogP contribution in [0.3, 0.4) is 0 Å². The van der Waals surface area contributed by atoms with Crippen molar-refractivity contribution in [2.75, 3.05) is 5.32 Å². The number of pyridine rings is 1. The molecule has 0 bridgehead atoms. The van der Waals surface area contributed by atoms with Crippen molar-refractivity contribution in [3.63, 3.8) is 0 Å². The molecule has 0 aliphatic rings. The number of carbonyl (C=O) groups excluding carboxylic acids is 1. The fourth-order valence-corrected chi connectivity index (χ4v) is 2.25. The lowest BCUT2D eigenvalue weighted by atomic mass is 10.2. The van der Waals surface area contributed by atoms with Gasteiger partial charge in [0.15, 0.2) is 5.13 Å². The van der Waals surface area contributed by atoms with Gasteiger partial charge in [0.05, 0.1) is 11.3 Å². The van der Waals surface area contributed by atoms with E-state index < -0.39 is 0 Å². The van der Waals surface area contributed by atoms with Gasteiger partial charge in [-0.1, -0.05) is 0 Å². The molecular weight excluding hydrogens is 248 g/mol. The molecule has 2 rings (SSSR count). The van der Waals surface area contributed by atoms with E-state index in [-0.39, 0.29) is 11.9 Å². The van der Waals surface area contributed by atoms with Crippen molar-refractivity contribution < 1.29 is 4.79 Å². The predicted octanol–water partition coefficient (Wildman–Crippen LogP) is 2.12. The molecule has 18 heavy (non-hydrogen) atoms. The Labute approximate surface area is 109 Å². The summed E-state index contributed by atoms with van der Waals surface area (Å²) in [5, 5.41) is 5.14. The van der Waals surface area contributed by atoms with Crippen LogP contribution in [0.15, 0.2) is 23.7 Å². The van der Waals surface area contributed by atoms with Crippen molar-refractivity contribution in [3.05, 3.63) is 40.7 Å². The maximum absolute atomic E-state index is 12.0. The minimum Gasteiger partial charge on any atom is -0.323 e. The second kappa shape index (κ2) is 5.24. The minimum absolute atomic E-state index is 0.132. The lowest BCUT2D eigenvalue weighted by molar-refractivity contribution is 0.102. The lowest BCUT2D eigenvalue weighted by Gasteiger charge is -2.04. The van der Waals surface area contributed by atoms with Gasteiger partial charge in [-0.2, -0.15) is 0 Å². The van der Waals surface area contributed by atoms with Gasteiger partial charge in [0, 0.05) is 23.3 Å². The molecule has 0 aliphatic heterocycles. The Hall–Kier alpha value is -1.79. The summed E-state index contributed by atoms with van der Waals surface area (Å²) in [7, 11) is 0. The Balaban J connectivity index is 2.14. The lowest BCUT2D eigenvalue weighted by Crippen LogP contribution is -2.14. The second-order valence-electron chi connectivity index (χ2n) is 3.96. The predicted molar refractivity (Wildman–Crippen MR) is 71.6 cm³/mol. The fourth-order valence-electron chi connectivity index (χ4n) is 1.44. The number of nitrogens with one attached hydrogen (secondary N) is 1. The molecule has 5 nitrogen and oxygen atoms in total. The quantitative estimate of drug-likeness (QED) is 0.887. The van der Waals surface area contributed by atoms with E-state index in [1.807, 2.05) is 12.3 Å². The number of nitrogens with two attached hydrogens (primary N) is 1. The summed E-state index contributed by atoms with van der Waals surface area (Å²) in [6.45, 7) is 3.65. The average molecular weight is 262 g/mol. The van der Waals surface area contributed by atoms with Crippen molar-refractivity contribution in [3.8, 4) is 0 Å². The van der Waals surface area contributed by atoms with Gasteiger partial charge in [0.2, 0.25) is 0 Å². The summed E-state index contributed by atoms with van der Waals surface area (Å²) in [5.41, 5.74) is 7.74. The molecule has 94 valence electrons. The molecule has 2 aromatic heterocycles. The van der Waals surface area contributed by atoms with Gasteiger partial charge in [0.1, 0.15) is 0 Å². The molecule has 0 aliphatic carbocycles. The molecule has 0 aromatic carbocycles. The SMILES string of the molecule is Cc1ncccc1C(=O)Nc1nc(C(C)N)cs1. The van der Waals surface area contributed by atoms with Crippen LogP contribution in [0.1, 0.15) is 34.7 Å². The first-order valence-electron chi connectivity index (χ1n) is 5.52. The maximum atomic E-state index is 12.0. The number of nitrogens with zero attached hydrogens (tertiary/aromatic N) is 2. The molecule has 2 aromatic rings. The molecule has 6 heteroatoms. The molecule has 0 spiro atoms. The number of aryl methyl sites for hydroxylation is 1. The topological polar surface area (TPSA) is 80.9 Å². The highest BCUT2D eigenvalue weighted by molar-refractivity contribution is 7.14. The van der Waals surface area contributed by atoms with E-state index in [0.29, 0.717) is 16.4 Å². The van der Waals surface area contributed by atoms with Crippen molar-refractivity contribution in [1.82, 2.24) is 9.97 Å². The summed E-state index contributed by atoms with van der Waals surface area (Å²) >= 11 is 1.36. The highest BCUT2D eigenvalue weighted by atomic mass is 32.1. The van der Waals surface area contributed by atoms with E-state index in [1.165, 1.54) is 11.3 Å².